The highest BCUT2D eigenvalue weighted by Gasteiger charge is 2.01. The molecule has 0 aromatic carbocycles. The van der Waals surface area contributed by atoms with Gasteiger partial charge in [0.05, 0.1) is 6.54 Å². The van der Waals surface area contributed by atoms with E-state index >= 15 is 0 Å². The molecule has 0 saturated heterocycles. The van der Waals surface area contributed by atoms with Crippen molar-refractivity contribution in [2.45, 2.75) is 25.7 Å². The first-order chi connectivity index (χ1) is 6.18. The number of nitrogens with zero attached hydrogens (tertiary/aromatic N) is 2. The molecule has 0 spiro atoms. The van der Waals surface area contributed by atoms with E-state index in [0.717, 1.165) is 19.3 Å². The van der Waals surface area contributed by atoms with Crippen LogP contribution in [0.3, 0.4) is 0 Å². The SMILES string of the molecule is CN(C)C(=O)CCCCCN=C=O. The second-order valence-electron chi connectivity index (χ2n) is 3.07. The van der Waals surface area contributed by atoms with Gasteiger partial charge in [0, 0.05) is 20.5 Å². The van der Waals surface area contributed by atoms with E-state index in [0.29, 0.717) is 13.0 Å². The highest BCUT2D eigenvalue weighted by atomic mass is 16.2. The van der Waals surface area contributed by atoms with Gasteiger partial charge < -0.3 is 4.90 Å². The molecule has 0 rings (SSSR count). The predicted octanol–water partition coefficient (Wildman–Crippen LogP) is 0.971. The van der Waals surface area contributed by atoms with Crippen LogP contribution in [0.1, 0.15) is 25.7 Å². The Morgan fingerprint density at radius 1 is 1.31 bits per heavy atom. The van der Waals surface area contributed by atoms with E-state index in [4.69, 9.17) is 0 Å². The van der Waals surface area contributed by atoms with Crippen molar-refractivity contribution >= 4 is 12.0 Å². The monoisotopic (exact) mass is 184 g/mol. The molecule has 0 atom stereocenters. The minimum absolute atomic E-state index is 0.152. The molecular weight excluding hydrogens is 168 g/mol. The Labute approximate surface area is 78.6 Å². The third-order valence-electron chi connectivity index (χ3n) is 1.72. The van der Waals surface area contributed by atoms with Gasteiger partial charge in [-0.25, -0.2) is 9.79 Å². The maximum absolute atomic E-state index is 11.1. The van der Waals surface area contributed by atoms with Crippen molar-refractivity contribution in [3.63, 3.8) is 0 Å². The Bertz CT molecular complexity index is 196. The Morgan fingerprint density at radius 2 is 2.00 bits per heavy atom. The summed E-state index contributed by atoms with van der Waals surface area (Å²) in [5.74, 6) is 0.152. The second kappa shape index (κ2) is 7.50. The van der Waals surface area contributed by atoms with Crippen LogP contribution < -0.4 is 0 Å². The molecule has 0 radical (unpaired) electrons. The first-order valence-electron chi connectivity index (χ1n) is 4.42. The molecule has 0 bridgehead atoms. The van der Waals surface area contributed by atoms with Crippen molar-refractivity contribution in [1.29, 1.82) is 0 Å². The summed E-state index contributed by atoms with van der Waals surface area (Å²) in [6, 6.07) is 0. The lowest BCUT2D eigenvalue weighted by atomic mass is 10.2. The van der Waals surface area contributed by atoms with Gasteiger partial charge in [-0.2, -0.15) is 0 Å². The topological polar surface area (TPSA) is 49.7 Å². The first-order valence-corrected chi connectivity index (χ1v) is 4.42. The highest BCUT2D eigenvalue weighted by Crippen LogP contribution is 2.01. The summed E-state index contributed by atoms with van der Waals surface area (Å²) >= 11 is 0. The highest BCUT2D eigenvalue weighted by molar-refractivity contribution is 5.75. The molecule has 0 aliphatic carbocycles. The van der Waals surface area contributed by atoms with Crippen LogP contribution in [0.2, 0.25) is 0 Å². The van der Waals surface area contributed by atoms with Gasteiger partial charge in [-0.1, -0.05) is 6.42 Å². The van der Waals surface area contributed by atoms with E-state index in [2.05, 4.69) is 4.99 Å². The molecule has 74 valence electrons. The molecule has 0 aliphatic rings. The lowest BCUT2D eigenvalue weighted by Gasteiger charge is -2.08. The summed E-state index contributed by atoms with van der Waals surface area (Å²) in [7, 11) is 3.50. The van der Waals surface area contributed by atoms with Crippen molar-refractivity contribution in [3.8, 4) is 0 Å². The number of unbranched alkanes of at least 4 members (excludes halogenated alkanes) is 2. The summed E-state index contributed by atoms with van der Waals surface area (Å²) in [6.45, 7) is 0.527. The van der Waals surface area contributed by atoms with Crippen molar-refractivity contribution < 1.29 is 9.59 Å². The van der Waals surface area contributed by atoms with Crippen LogP contribution in [0, 0.1) is 0 Å². The molecule has 0 N–H and O–H groups in total. The Morgan fingerprint density at radius 3 is 2.54 bits per heavy atom. The number of rotatable bonds is 6. The molecule has 0 saturated carbocycles. The van der Waals surface area contributed by atoms with Gasteiger partial charge in [-0.15, -0.1) is 0 Å². The Hall–Kier alpha value is -1.15. The van der Waals surface area contributed by atoms with E-state index < -0.39 is 0 Å². The van der Waals surface area contributed by atoms with E-state index in [1.54, 1.807) is 19.0 Å². The van der Waals surface area contributed by atoms with Crippen LogP contribution >= 0.6 is 0 Å². The lowest BCUT2D eigenvalue weighted by Crippen LogP contribution is -2.20. The quantitative estimate of drug-likeness (QED) is 0.351. The van der Waals surface area contributed by atoms with Crippen LogP contribution in [0.25, 0.3) is 0 Å². The summed E-state index contributed by atoms with van der Waals surface area (Å²) in [4.78, 5) is 25.8. The molecule has 4 heteroatoms. The number of carbonyl (C=O) groups is 1. The number of hydrogen-bond acceptors (Lipinski definition) is 3. The number of amides is 1. The molecule has 1 amide bonds. The van der Waals surface area contributed by atoms with Crippen LogP contribution in [-0.2, 0) is 9.59 Å². The van der Waals surface area contributed by atoms with Crippen molar-refractivity contribution in [1.82, 2.24) is 4.90 Å². The van der Waals surface area contributed by atoms with Crippen LogP contribution in [-0.4, -0.2) is 37.5 Å². The van der Waals surface area contributed by atoms with Gasteiger partial charge in [0.2, 0.25) is 12.0 Å². The fraction of sp³-hybridized carbons (Fsp3) is 0.778. The molecule has 0 fully saturated rings. The summed E-state index contributed by atoms with van der Waals surface area (Å²) < 4.78 is 0. The largest absolute Gasteiger partial charge is 0.349 e. The number of aliphatic imine (C=N–C) groups is 1. The molecule has 0 aliphatic heterocycles. The zero-order valence-corrected chi connectivity index (χ0v) is 8.25. The van der Waals surface area contributed by atoms with Crippen molar-refractivity contribution in [3.05, 3.63) is 0 Å². The predicted molar refractivity (Wildman–Crippen MR) is 50.2 cm³/mol. The van der Waals surface area contributed by atoms with Gasteiger partial charge in [-0.3, -0.25) is 4.79 Å². The van der Waals surface area contributed by atoms with Gasteiger partial charge in [0.15, 0.2) is 0 Å². The van der Waals surface area contributed by atoms with Crippen molar-refractivity contribution in [2.75, 3.05) is 20.6 Å². The molecule has 0 aromatic heterocycles. The summed E-state index contributed by atoms with van der Waals surface area (Å²) in [5, 5.41) is 0. The van der Waals surface area contributed by atoms with Crippen LogP contribution in [0.5, 0.6) is 0 Å². The first kappa shape index (κ1) is 11.8. The average molecular weight is 184 g/mol. The third kappa shape index (κ3) is 7.22. The zero-order valence-electron chi connectivity index (χ0n) is 8.25. The summed E-state index contributed by atoms with van der Waals surface area (Å²) in [5.41, 5.74) is 0. The maximum Gasteiger partial charge on any atom is 0.234 e. The van der Waals surface area contributed by atoms with E-state index in [1.807, 2.05) is 0 Å². The molecule has 0 heterocycles. The molecule has 4 nitrogen and oxygen atoms in total. The van der Waals surface area contributed by atoms with Gasteiger partial charge in [0.25, 0.3) is 0 Å². The Kier molecular flexibility index (Phi) is 6.83. The smallest absolute Gasteiger partial charge is 0.234 e. The number of hydrogen-bond donors (Lipinski definition) is 0. The second-order valence-corrected chi connectivity index (χ2v) is 3.07. The van der Waals surface area contributed by atoms with Gasteiger partial charge in [-0.05, 0) is 12.8 Å². The van der Waals surface area contributed by atoms with E-state index in [1.165, 1.54) is 6.08 Å². The normalized spacial score (nSPS) is 9.08. The van der Waals surface area contributed by atoms with Crippen LogP contribution in [0.4, 0.5) is 0 Å². The molecule has 13 heavy (non-hydrogen) atoms. The maximum atomic E-state index is 11.1. The van der Waals surface area contributed by atoms with Gasteiger partial charge >= 0.3 is 0 Å². The number of isocyanates is 1. The van der Waals surface area contributed by atoms with Crippen molar-refractivity contribution in [2.24, 2.45) is 4.99 Å². The Balaban J connectivity index is 3.25. The minimum Gasteiger partial charge on any atom is -0.349 e. The summed E-state index contributed by atoms with van der Waals surface area (Å²) in [6.07, 6.45) is 4.73. The molecule has 0 aromatic rings. The van der Waals surface area contributed by atoms with E-state index in [9.17, 15) is 9.59 Å². The lowest BCUT2D eigenvalue weighted by molar-refractivity contribution is -0.128. The third-order valence-corrected chi connectivity index (χ3v) is 1.72. The fourth-order valence-corrected chi connectivity index (χ4v) is 0.913. The minimum atomic E-state index is 0.152. The van der Waals surface area contributed by atoms with Gasteiger partial charge in [0.1, 0.15) is 0 Å². The molecule has 0 unspecified atom stereocenters. The average Bonchev–Trinajstić information content (AvgIpc) is 2.10. The molecular formula is C9H16N2O2. The zero-order chi connectivity index (χ0) is 10.1. The van der Waals surface area contributed by atoms with E-state index in [-0.39, 0.29) is 5.91 Å². The van der Waals surface area contributed by atoms with Crippen LogP contribution in [0.15, 0.2) is 4.99 Å². The standard InChI is InChI=1S/C9H16N2O2/c1-11(2)9(13)6-4-3-5-7-10-8-12/h3-7H2,1-2H3. The fourth-order valence-electron chi connectivity index (χ4n) is 0.913. The number of carbonyl (C=O) groups excluding carboxylic acids is 2.